The van der Waals surface area contributed by atoms with Gasteiger partial charge in [-0.05, 0) is 44.4 Å². The van der Waals surface area contributed by atoms with Crippen molar-refractivity contribution in [2.24, 2.45) is 0 Å². The summed E-state index contributed by atoms with van der Waals surface area (Å²) in [6, 6.07) is 7.54. The fraction of sp³-hybridized carbons (Fsp3) is 0.412. The van der Waals surface area contributed by atoms with E-state index in [-0.39, 0.29) is 5.78 Å². The Balaban J connectivity index is 1.92. The van der Waals surface area contributed by atoms with Gasteiger partial charge in [0.05, 0.1) is 5.69 Å². The Hall–Kier alpha value is -1.42. The lowest BCUT2D eigenvalue weighted by molar-refractivity contribution is 0.0978. The normalized spacial score (nSPS) is 10.9. The van der Waals surface area contributed by atoms with Crippen LogP contribution in [0.5, 0.6) is 0 Å². The summed E-state index contributed by atoms with van der Waals surface area (Å²) in [5, 5.41) is 4.56. The maximum absolute atomic E-state index is 12.1. The molecule has 0 aliphatic carbocycles. The van der Waals surface area contributed by atoms with Crippen molar-refractivity contribution in [2.45, 2.75) is 46.6 Å². The second-order valence-corrected chi connectivity index (χ2v) is 6.18. The second-order valence-electron chi connectivity index (χ2n) is 5.26. The van der Waals surface area contributed by atoms with E-state index in [9.17, 15) is 4.79 Å². The van der Waals surface area contributed by atoms with E-state index in [2.05, 4.69) is 41.8 Å². The Morgan fingerprint density at radius 1 is 1.24 bits per heavy atom. The number of Topliss-reactive ketones (excluding diaryl/α,β-unsaturated/α-hetero) is 1. The first-order chi connectivity index (χ1) is 10.0. The molecule has 1 aromatic heterocycles. The van der Waals surface area contributed by atoms with Crippen molar-refractivity contribution in [3.8, 4) is 0 Å². The van der Waals surface area contributed by atoms with Crippen LogP contribution in [0.4, 0.5) is 0 Å². The molecule has 2 rings (SSSR count). The van der Waals surface area contributed by atoms with Crippen LogP contribution < -0.4 is 0 Å². The minimum Gasteiger partial charge on any atom is -0.294 e. The minimum absolute atomic E-state index is 0.194. The number of hydrogen-bond acceptors (Lipinski definition) is 2. The molecule has 21 heavy (non-hydrogen) atoms. The summed E-state index contributed by atoms with van der Waals surface area (Å²) in [7, 11) is 0. The molecule has 1 heterocycles. The molecular weight excluding hydrogens is 328 g/mol. The van der Waals surface area contributed by atoms with E-state index < -0.39 is 0 Å². The van der Waals surface area contributed by atoms with E-state index in [1.165, 1.54) is 11.3 Å². The predicted molar refractivity (Wildman–Crippen MR) is 88.8 cm³/mol. The predicted octanol–water partition coefficient (Wildman–Crippen LogP) is 4.49. The van der Waals surface area contributed by atoms with Gasteiger partial charge in [0.25, 0.3) is 0 Å². The Kier molecular flexibility index (Phi) is 5.34. The first-order valence-electron chi connectivity index (χ1n) is 7.34. The monoisotopic (exact) mass is 348 g/mol. The highest BCUT2D eigenvalue weighted by molar-refractivity contribution is 9.10. The van der Waals surface area contributed by atoms with Crippen LogP contribution in [0.3, 0.4) is 0 Å². The zero-order valence-corrected chi connectivity index (χ0v) is 14.4. The van der Waals surface area contributed by atoms with Crippen LogP contribution in [0.2, 0.25) is 0 Å². The van der Waals surface area contributed by atoms with E-state index in [1.807, 2.05) is 28.9 Å². The largest absolute Gasteiger partial charge is 0.294 e. The van der Waals surface area contributed by atoms with Crippen molar-refractivity contribution in [1.29, 1.82) is 0 Å². The summed E-state index contributed by atoms with van der Waals surface area (Å²) in [6.07, 6.45) is 2.39. The first-order valence-corrected chi connectivity index (χ1v) is 8.14. The van der Waals surface area contributed by atoms with Gasteiger partial charge in [0, 0.05) is 28.7 Å². The molecule has 4 heteroatoms. The van der Waals surface area contributed by atoms with Crippen LogP contribution >= 0.6 is 15.9 Å². The topological polar surface area (TPSA) is 34.9 Å². The molecule has 0 aliphatic rings. The van der Waals surface area contributed by atoms with E-state index in [0.29, 0.717) is 6.42 Å². The quantitative estimate of drug-likeness (QED) is 0.721. The molecule has 0 aliphatic heterocycles. The Morgan fingerprint density at radius 3 is 2.48 bits per heavy atom. The van der Waals surface area contributed by atoms with Crippen molar-refractivity contribution < 1.29 is 4.79 Å². The first kappa shape index (κ1) is 16.0. The van der Waals surface area contributed by atoms with Gasteiger partial charge in [-0.2, -0.15) is 5.10 Å². The van der Waals surface area contributed by atoms with Gasteiger partial charge in [0.1, 0.15) is 0 Å². The average Bonchev–Trinajstić information content (AvgIpc) is 2.73. The van der Waals surface area contributed by atoms with Gasteiger partial charge >= 0.3 is 0 Å². The molecule has 0 fully saturated rings. The smallest absolute Gasteiger partial charge is 0.162 e. The van der Waals surface area contributed by atoms with Crippen LogP contribution in [0, 0.1) is 13.8 Å². The third kappa shape index (κ3) is 3.82. The van der Waals surface area contributed by atoms with Crippen molar-refractivity contribution >= 4 is 21.7 Å². The molecule has 2 aromatic rings. The summed E-state index contributed by atoms with van der Waals surface area (Å²) in [4.78, 5) is 12.1. The van der Waals surface area contributed by atoms with Crippen molar-refractivity contribution in [3.63, 3.8) is 0 Å². The molecule has 0 atom stereocenters. The number of aryl methyl sites for hydroxylation is 2. The SMILES string of the molecule is CCc1c(C)nn(CCCC(=O)c2ccc(Br)cc2)c1C. The summed E-state index contributed by atoms with van der Waals surface area (Å²) >= 11 is 3.38. The molecule has 0 spiro atoms. The third-order valence-corrected chi connectivity index (χ3v) is 4.35. The molecule has 0 bridgehead atoms. The lowest BCUT2D eigenvalue weighted by atomic mass is 10.1. The van der Waals surface area contributed by atoms with Gasteiger partial charge < -0.3 is 0 Å². The number of nitrogens with zero attached hydrogens (tertiary/aromatic N) is 2. The number of carbonyl (C=O) groups is 1. The van der Waals surface area contributed by atoms with Crippen LogP contribution in [0.15, 0.2) is 28.7 Å². The van der Waals surface area contributed by atoms with Crippen molar-refractivity contribution in [2.75, 3.05) is 0 Å². The third-order valence-electron chi connectivity index (χ3n) is 3.82. The molecule has 0 saturated heterocycles. The lowest BCUT2D eigenvalue weighted by Crippen LogP contribution is -2.06. The maximum Gasteiger partial charge on any atom is 0.162 e. The summed E-state index contributed by atoms with van der Waals surface area (Å²) in [5.41, 5.74) is 4.44. The summed E-state index contributed by atoms with van der Waals surface area (Å²) in [6.45, 7) is 7.11. The van der Waals surface area contributed by atoms with Crippen molar-refractivity contribution in [3.05, 3.63) is 51.3 Å². The van der Waals surface area contributed by atoms with Gasteiger partial charge in [-0.25, -0.2) is 0 Å². The minimum atomic E-state index is 0.194. The number of carbonyl (C=O) groups excluding carboxylic acids is 1. The molecule has 112 valence electrons. The molecule has 0 unspecified atom stereocenters. The average molecular weight is 349 g/mol. The number of hydrogen-bond donors (Lipinski definition) is 0. The number of ketones is 1. The zero-order chi connectivity index (χ0) is 15.4. The summed E-state index contributed by atoms with van der Waals surface area (Å²) in [5.74, 6) is 0.194. The highest BCUT2D eigenvalue weighted by atomic mass is 79.9. The Bertz CT molecular complexity index is 629. The molecule has 0 radical (unpaired) electrons. The van der Waals surface area contributed by atoms with E-state index in [0.717, 1.165) is 35.1 Å². The van der Waals surface area contributed by atoms with E-state index >= 15 is 0 Å². The fourth-order valence-corrected chi connectivity index (χ4v) is 2.90. The molecule has 0 saturated carbocycles. The Labute approximate surface area is 134 Å². The van der Waals surface area contributed by atoms with Crippen LogP contribution in [-0.2, 0) is 13.0 Å². The molecule has 3 nitrogen and oxygen atoms in total. The van der Waals surface area contributed by atoms with E-state index in [1.54, 1.807) is 0 Å². The number of benzene rings is 1. The summed E-state index contributed by atoms with van der Waals surface area (Å²) < 4.78 is 3.03. The van der Waals surface area contributed by atoms with Gasteiger partial charge in [-0.1, -0.05) is 35.0 Å². The number of aromatic nitrogens is 2. The van der Waals surface area contributed by atoms with E-state index in [4.69, 9.17) is 0 Å². The van der Waals surface area contributed by atoms with Gasteiger partial charge in [0.15, 0.2) is 5.78 Å². The molecule has 0 amide bonds. The maximum atomic E-state index is 12.1. The van der Waals surface area contributed by atoms with Crippen LogP contribution in [-0.4, -0.2) is 15.6 Å². The second kappa shape index (κ2) is 7.03. The highest BCUT2D eigenvalue weighted by Gasteiger charge is 2.10. The lowest BCUT2D eigenvalue weighted by Gasteiger charge is -2.05. The van der Waals surface area contributed by atoms with Gasteiger partial charge in [0.2, 0.25) is 0 Å². The number of halogens is 1. The molecule has 0 N–H and O–H groups in total. The van der Waals surface area contributed by atoms with Crippen LogP contribution in [0.25, 0.3) is 0 Å². The Morgan fingerprint density at radius 2 is 1.90 bits per heavy atom. The van der Waals surface area contributed by atoms with Crippen molar-refractivity contribution in [1.82, 2.24) is 9.78 Å². The fourth-order valence-electron chi connectivity index (χ4n) is 2.63. The molecular formula is C17H21BrN2O. The standard InChI is InChI=1S/C17H21BrN2O/c1-4-16-12(2)19-20(13(16)3)11-5-6-17(21)14-7-9-15(18)10-8-14/h7-10H,4-6,11H2,1-3H3. The number of rotatable bonds is 6. The van der Waals surface area contributed by atoms with Gasteiger partial charge in [-0.15, -0.1) is 0 Å². The molecule has 1 aromatic carbocycles. The zero-order valence-electron chi connectivity index (χ0n) is 12.8. The highest BCUT2D eigenvalue weighted by Crippen LogP contribution is 2.15. The van der Waals surface area contributed by atoms with Gasteiger partial charge in [-0.3, -0.25) is 9.48 Å². The van der Waals surface area contributed by atoms with Crippen LogP contribution in [0.1, 0.15) is 47.1 Å².